The van der Waals surface area contributed by atoms with E-state index in [0.29, 0.717) is 6.04 Å². The number of nitrogens with one attached hydrogen (secondary N) is 1. The van der Waals surface area contributed by atoms with Crippen molar-refractivity contribution in [3.05, 3.63) is 51.9 Å². The zero-order valence-electron chi connectivity index (χ0n) is 14.9. The molecular weight excluding hydrogens is 352 g/mol. The van der Waals surface area contributed by atoms with Crippen LogP contribution < -0.4 is 15.8 Å². The molecule has 1 atom stereocenters. The van der Waals surface area contributed by atoms with Gasteiger partial charge in [0.1, 0.15) is 0 Å². The first-order valence-electron chi connectivity index (χ1n) is 8.73. The van der Waals surface area contributed by atoms with E-state index in [0.717, 1.165) is 40.7 Å². The lowest BCUT2D eigenvalue weighted by Gasteiger charge is -2.34. The van der Waals surface area contributed by atoms with Crippen LogP contribution in [0.3, 0.4) is 0 Å². The van der Waals surface area contributed by atoms with E-state index < -0.39 is 0 Å². The Balaban J connectivity index is 0.00000168. The Kier molecular flexibility index (Phi) is 4.14. The monoisotopic (exact) mass is 373 g/mol. The minimum Gasteiger partial charge on any atom is -0.452 e. The maximum absolute atomic E-state index is 6.01. The molecule has 0 radical (unpaired) electrons. The molecule has 0 aromatic carbocycles. The molecule has 1 aromatic heterocycles. The van der Waals surface area contributed by atoms with Crippen LogP contribution in [-0.2, 0) is 9.57 Å². The Bertz CT molecular complexity index is 978. The smallest absolute Gasteiger partial charge is 0.335 e. The average molecular weight is 374 g/mol. The number of quaternary nitrogens is 1. The first-order valence-corrected chi connectivity index (χ1v) is 8.73. The van der Waals surface area contributed by atoms with Crippen molar-refractivity contribution >= 4 is 30.1 Å². The summed E-state index contributed by atoms with van der Waals surface area (Å²) in [4.78, 5) is 6.01. The van der Waals surface area contributed by atoms with Gasteiger partial charge in [-0.2, -0.15) is 9.94 Å². The zero-order chi connectivity index (χ0) is 17.0. The molecule has 3 heterocycles. The number of rotatable bonds is 4. The Labute approximate surface area is 158 Å². The molecule has 0 spiro atoms. The van der Waals surface area contributed by atoms with Gasteiger partial charge in [0.2, 0.25) is 0 Å². The summed E-state index contributed by atoms with van der Waals surface area (Å²) in [7, 11) is 3.41. The van der Waals surface area contributed by atoms with Crippen molar-refractivity contribution in [1.82, 2.24) is 10.2 Å². The predicted molar refractivity (Wildman–Crippen MR) is 101 cm³/mol. The summed E-state index contributed by atoms with van der Waals surface area (Å²) in [5.41, 5.74) is 3.56. The summed E-state index contributed by atoms with van der Waals surface area (Å²) in [5.74, 6) is 1.60. The number of aromatic nitrogens is 2. The van der Waals surface area contributed by atoms with Gasteiger partial charge in [-0.15, -0.1) is 17.5 Å². The molecular formula is C19H22ClN4O2+. The van der Waals surface area contributed by atoms with E-state index in [4.69, 9.17) is 9.57 Å². The molecule has 26 heavy (non-hydrogen) atoms. The van der Waals surface area contributed by atoms with Gasteiger partial charge in [-0.3, -0.25) is 0 Å². The van der Waals surface area contributed by atoms with E-state index in [1.165, 1.54) is 24.0 Å². The summed E-state index contributed by atoms with van der Waals surface area (Å²) in [6.07, 6.45) is 14.8. The van der Waals surface area contributed by atoms with Crippen LogP contribution in [0.4, 0.5) is 5.82 Å². The largest absolute Gasteiger partial charge is 0.452 e. The second-order valence-corrected chi connectivity index (χ2v) is 6.83. The van der Waals surface area contributed by atoms with E-state index in [9.17, 15) is 0 Å². The van der Waals surface area contributed by atoms with Crippen molar-refractivity contribution in [2.24, 2.45) is 0 Å². The van der Waals surface area contributed by atoms with Gasteiger partial charge in [0.25, 0.3) is 0 Å². The number of ether oxygens (including phenoxy) is 1. The minimum atomic E-state index is 0. The van der Waals surface area contributed by atoms with Gasteiger partial charge >= 0.3 is 5.88 Å². The van der Waals surface area contributed by atoms with Gasteiger partial charge in [0.05, 0.1) is 30.9 Å². The van der Waals surface area contributed by atoms with Crippen molar-refractivity contribution in [2.45, 2.75) is 31.7 Å². The van der Waals surface area contributed by atoms with Gasteiger partial charge in [0, 0.05) is 17.7 Å². The third kappa shape index (κ3) is 2.33. The number of fused-ring (bicyclic) bond motifs is 3. The number of hydrogen-bond donors (Lipinski definition) is 1. The number of hydroxylamine groups is 3. The van der Waals surface area contributed by atoms with Gasteiger partial charge in [-0.1, -0.05) is 16.8 Å². The van der Waals surface area contributed by atoms with Crippen LogP contribution >= 0.6 is 12.4 Å². The second kappa shape index (κ2) is 6.23. The van der Waals surface area contributed by atoms with Crippen LogP contribution in [0.5, 0.6) is 0 Å². The van der Waals surface area contributed by atoms with E-state index in [1.807, 2.05) is 0 Å². The summed E-state index contributed by atoms with van der Waals surface area (Å²) >= 11 is 0. The molecule has 136 valence electrons. The standard InChI is InChI=1S/C19H21N4O2.ClH/c1-24-16-9-12-5-3-4-6-15(12)18-17-13(11-23(16,18)25-2)10-20-22-19(17)21-14-7-8-14;/h4,6,9-11,14H,3,5,7-8H2,1-2H3,(H,21,22);1H/q+1;. The van der Waals surface area contributed by atoms with Gasteiger partial charge in [-0.05, 0) is 31.3 Å². The molecule has 0 bridgehead atoms. The zero-order valence-corrected chi connectivity index (χ0v) is 15.7. The van der Waals surface area contributed by atoms with Crippen LogP contribution in [-0.4, -0.2) is 35.1 Å². The number of anilines is 1. The molecule has 1 fully saturated rings. The third-order valence-electron chi connectivity index (χ3n) is 5.28. The van der Waals surface area contributed by atoms with E-state index in [1.54, 1.807) is 20.4 Å². The predicted octanol–water partition coefficient (Wildman–Crippen LogP) is 1.86. The van der Waals surface area contributed by atoms with E-state index >= 15 is 0 Å². The van der Waals surface area contributed by atoms with Crippen molar-refractivity contribution < 1.29 is 14.2 Å². The van der Waals surface area contributed by atoms with E-state index in [2.05, 4.69) is 39.9 Å². The first-order chi connectivity index (χ1) is 12.3. The molecule has 1 saturated carbocycles. The van der Waals surface area contributed by atoms with Crippen molar-refractivity contribution in [1.29, 1.82) is 0 Å². The fraction of sp³-hybridized carbons (Fsp3) is 0.368. The molecule has 2 aliphatic carbocycles. The maximum Gasteiger partial charge on any atom is 0.335 e. The molecule has 2 aliphatic heterocycles. The molecule has 7 heteroatoms. The number of methoxy groups -OCH3 is 1. The van der Waals surface area contributed by atoms with Crippen molar-refractivity contribution in [2.75, 3.05) is 19.5 Å². The number of allylic oxidation sites excluding steroid dienone is 3. The van der Waals surface area contributed by atoms with Crippen LogP contribution in [0.15, 0.2) is 41.5 Å². The molecule has 1 N–H and O–H groups in total. The van der Waals surface area contributed by atoms with Crippen molar-refractivity contribution in [3.8, 4) is 0 Å². The molecule has 0 saturated heterocycles. The summed E-state index contributed by atoms with van der Waals surface area (Å²) in [5, 5.41) is 14.2. The Morgan fingerprint density at radius 1 is 1.27 bits per heavy atom. The summed E-state index contributed by atoms with van der Waals surface area (Å²) in [6, 6.07) is 0.503. The highest BCUT2D eigenvalue weighted by Gasteiger charge is 2.49. The lowest BCUT2D eigenvalue weighted by molar-refractivity contribution is -0.962. The lowest BCUT2D eigenvalue weighted by Crippen LogP contribution is -2.42. The highest BCUT2D eigenvalue weighted by Crippen LogP contribution is 2.43. The van der Waals surface area contributed by atoms with Crippen molar-refractivity contribution in [3.63, 3.8) is 0 Å². The molecule has 1 aromatic rings. The average Bonchev–Trinajstić information content (AvgIpc) is 3.38. The molecule has 1 unspecified atom stereocenters. The Morgan fingerprint density at radius 3 is 2.85 bits per heavy atom. The molecule has 0 amide bonds. The second-order valence-electron chi connectivity index (χ2n) is 6.83. The quantitative estimate of drug-likeness (QED) is 0.816. The normalized spacial score (nSPS) is 25.5. The van der Waals surface area contributed by atoms with Gasteiger partial charge in [-0.25, -0.2) is 0 Å². The van der Waals surface area contributed by atoms with Gasteiger partial charge < -0.3 is 10.1 Å². The van der Waals surface area contributed by atoms with Crippen LogP contribution in [0.2, 0.25) is 0 Å². The maximum atomic E-state index is 6.01. The summed E-state index contributed by atoms with van der Waals surface area (Å²) in [6.45, 7) is 0. The van der Waals surface area contributed by atoms with Gasteiger partial charge in [0.15, 0.2) is 17.7 Å². The first kappa shape index (κ1) is 17.3. The molecule has 6 nitrogen and oxygen atoms in total. The SMILES string of the molecule is COC1=CC2=C(C=CCC2)C2=c3c(NC4CC4)nncc3=C[N+]12OC.Cl. The van der Waals surface area contributed by atoms with E-state index in [-0.39, 0.29) is 17.1 Å². The topological polar surface area (TPSA) is 56.3 Å². The molecule has 4 aliphatic rings. The highest BCUT2D eigenvalue weighted by molar-refractivity contribution is 5.85. The minimum absolute atomic E-state index is 0. The van der Waals surface area contributed by atoms with Crippen LogP contribution in [0.25, 0.3) is 11.9 Å². The Morgan fingerprint density at radius 2 is 2.12 bits per heavy atom. The third-order valence-corrected chi connectivity index (χ3v) is 5.28. The van der Waals surface area contributed by atoms with Crippen LogP contribution in [0, 0.1) is 0 Å². The fourth-order valence-electron chi connectivity index (χ4n) is 3.92. The Hall–Kier alpha value is -2.15. The van der Waals surface area contributed by atoms with Crippen LogP contribution in [0.1, 0.15) is 25.7 Å². The fourth-order valence-corrected chi connectivity index (χ4v) is 3.92. The highest BCUT2D eigenvalue weighted by atomic mass is 35.5. The summed E-state index contributed by atoms with van der Waals surface area (Å²) < 4.78 is 5.86. The molecule has 5 rings (SSSR count). The number of halogens is 1. The lowest BCUT2D eigenvalue weighted by atomic mass is 9.91. The number of nitrogens with zero attached hydrogens (tertiary/aromatic N) is 3. The number of hydrogen-bond acceptors (Lipinski definition) is 5.